The molecule has 0 atom stereocenters. The van der Waals surface area contributed by atoms with Gasteiger partial charge in [-0.3, -0.25) is 4.98 Å². The monoisotopic (exact) mass is 192 g/mol. The third kappa shape index (κ3) is 3.77. The Kier molecular flexibility index (Phi) is 3.50. The van der Waals surface area contributed by atoms with E-state index in [0.717, 1.165) is 12.1 Å². The fraction of sp³-hybridized carbons (Fsp3) is 0.583. The summed E-state index contributed by atoms with van der Waals surface area (Å²) in [6.07, 6.45) is 7.05. The van der Waals surface area contributed by atoms with Gasteiger partial charge in [-0.25, -0.2) is 0 Å². The van der Waals surface area contributed by atoms with Gasteiger partial charge in [0.15, 0.2) is 0 Å². The van der Waals surface area contributed by atoms with E-state index in [-0.39, 0.29) is 0 Å². The molecule has 0 fully saturated rings. The zero-order chi connectivity index (χ0) is 10.6. The molecule has 2 heteroatoms. The van der Waals surface area contributed by atoms with Gasteiger partial charge in [-0.2, -0.15) is 0 Å². The van der Waals surface area contributed by atoms with Crippen LogP contribution in [0.25, 0.3) is 0 Å². The van der Waals surface area contributed by atoms with E-state index in [0.29, 0.717) is 5.41 Å². The normalized spacial score (nSPS) is 11.6. The Labute approximate surface area is 86.5 Å². The number of rotatable bonds is 3. The predicted octanol–water partition coefficient (Wildman–Crippen LogP) is 3.03. The van der Waals surface area contributed by atoms with Crippen LogP contribution in [0.2, 0.25) is 0 Å². The molecule has 1 rings (SSSR count). The zero-order valence-corrected chi connectivity index (χ0v) is 9.38. The lowest BCUT2D eigenvalue weighted by molar-refractivity contribution is 0.365. The van der Waals surface area contributed by atoms with Crippen LogP contribution in [0.3, 0.4) is 0 Å². The second-order valence-electron chi connectivity index (χ2n) is 4.99. The third-order valence-corrected chi connectivity index (χ3v) is 2.31. The number of hydrogen-bond acceptors (Lipinski definition) is 2. The summed E-state index contributed by atoms with van der Waals surface area (Å²) in [5, 5.41) is 0. The number of hydrogen-bond donors (Lipinski definition) is 1. The van der Waals surface area contributed by atoms with Gasteiger partial charge in [0.05, 0.1) is 0 Å². The van der Waals surface area contributed by atoms with Gasteiger partial charge in [-0.1, -0.05) is 20.8 Å². The molecule has 0 spiro atoms. The van der Waals surface area contributed by atoms with Gasteiger partial charge in [-0.15, -0.1) is 0 Å². The number of nitrogen functional groups attached to an aromatic ring is 1. The Hall–Kier alpha value is -1.05. The highest BCUT2D eigenvalue weighted by molar-refractivity contribution is 5.44. The van der Waals surface area contributed by atoms with E-state index in [1.54, 1.807) is 6.20 Å². The van der Waals surface area contributed by atoms with Gasteiger partial charge >= 0.3 is 0 Å². The maximum atomic E-state index is 5.83. The van der Waals surface area contributed by atoms with Crippen molar-refractivity contribution in [2.45, 2.75) is 40.0 Å². The Morgan fingerprint density at radius 2 is 2.07 bits per heavy atom. The molecular formula is C12H20N2. The van der Waals surface area contributed by atoms with Gasteiger partial charge in [-0.05, 0) is 36.3 Å². The summed E-state index contributed by atoms with van der Waals surface area (Å²) < 4.78 is 0. The van der Waals surface area contributed by atoms with Crippen molar-refractivity contribution in [2.75, 3.05) is 5.73 Å². The topological polar surface area (TPSA) is 38.9 Å². The Morgan fingerprint density at radius 1 is 1.36 bits per heavy atom. The van der Waals surface area contributed by atoms with E-state index < -0.39 is 0 Å². The molecule has 78 valence electrons. The molecule has 2 nitrogen and oxygen atoms in total. The van der Waals surface area contributed by atoms with Crippen LogP contribution in [0.5, 0.6) is 0 Å². The summed E-state index contributed by atoms with van der Waals surface area (Å²) in [4.78, 5) is 4.08. The van der Waals surface area contributed by atoms with Crippen molar-refractivity contribution < 1.29 is 0 Å². The van der Waals surface area contributed by atoms with Crippen LogP contribution in [-0.4, -0.2) is 4.98 Å². The van der Waals surface area contributed by atoms with E-state index in [1.165, 1.54) is 18.4 Å². The molecule has 1 aromatic rings. The van der Waals surface area contributed by atoms with Crippen molar-refractivity contribution in [3.05, 3.63) is 24.0 Å². The first-order chi connectivity index (χ1) is 6.49. The van der Waals surface area contributed by atoms with E-state index in [1.807, 2.05) is 12.3 Å². The van der Waals surface area contributed by atoms with Gasteiger partial charge < -0.3 is 5.73 Å². The predicted molar refractivity (Wildman–Crippen MR) is 61.0 cm³/mol. The van der Waals surface area contributed by atoms with Crippen molar-refractivity contribution >= 4 is 5.69 Å². The molecule has 0 saturated heterocycles. The molecule has 0 bridgehead atoms. The standard InChI is InChI=1S/C12H20N2/c1-12(2,3)7-4-5-10-9-14-8-6-11(10)13/h6,8-9H,4-5,7H2,1-3H3,(H2,13,14). The molecule has 0 radical (unpaired) electrons. The lowest BCUT2D eigenvalue weighted by Gasteiger charge is -2.17. The Balaban J connectivity index is 2.43. The van der Waals surface area contributed by atoms with Gasteiger partial charge in [0, 0.05) is 18.1 Å². The highest BCUT2D eigenvalue weighted by Gasteiger charge is 2.09. The Bertz CT molecular complexity index is 287. The summed E-state index contributed by atoms with van der Waals surface area (Å²) in [6, 6.07) is 1.87. The maximum absolute atomic E-state index is 5.83. The van der Waals surface area contributed by atoms with Crippen LogP contribution in [0.4, 0.5) is 5.69 Å². The van der Waals surface area contributed by atoms with Gasteiger partial charge in [0.1, 0.15) is 0 Å². The largest absolute Gasteiger partial charge is 0.398 e. The highest BCUT2D eigenvalue weighted by Crippen LogP contribution is 2.22. The number of aryl methyl sites for hydroxylation is 1. The molecule has 0 amide bonds. The SMILES string of the molecule is CC(C)(C)CCCc1cnccc1N. The van der Waals surface area contributed by atoms with Crippen LogP contribution in [0.15, 0.2) is 18.5 Å². The van der Waals surface area contributed by atoms with Crippen LogP contribution >= 0.6 is 0 Å². The van der Waals surface area contributed by atoms with Crippen LogP contribution in [0.1, 0.15) is 39.2 Å². The molecule has 14 heavy (non-hydrogen) atoms. The summed E-state index contributed by atoms with van der Waals surface area (Å²) >= 11 is 0. The van der Waals surface area contributed by atoms with Crippen molar-refractivity contribution in [1.29, 1.82) is 0 Å². The third-order valence-electron chi connectivity index (χ3n) is 2.31. The molecule has 1 aromatic heterocycles. The van der Waals surface area contributed by atoms with Crippen LogP contribution in [-0.2, 0) is 6.42 Å². The summed E-state index contributed by atoms with van der Waals surface area (Å²) in [7, 11) is 0. The van der Waals surface area contributed by atoms with Crippen molar-refractivity contribution in [2.24, 2.45) is 5.41 Å². The lowest BCUT2D eigenvalue weighted by Crippen LogP contribution is -2.05. The first kappa shape index (κ1) is 11.0. The molecule has 0 unspecified atom stereocenters. The van der Waals surface area contributed by atoms with E-state index in [2.05, 4.69) is 25.8 Å². The average molecular weight is 192 g/mol. The quantitative estimate of drug-likeness (QED) is 0.799. The summed E-state index contributed by atoms with van der Waals surface area (Å²) in [5.74, 6) is 0. The minimum absolute atomic E-state index is 0.414. The molecule has 0 saturated carbocycles. The fourth-order valence-electron chi connectivity index (χ4n) is 1.46. The highest BCUT2D eigenvalue weighted by atomic mass is 14.7. The van der Waals surface area contributed by atoms with Crippen molar-refractivity contribution in [3.8, 4) is 0 Å². The molecule has 0 aliphatic carbocycles. The first-order valence-electron chi connectivity index (χ1n) is 5.17. The molecule has 0 aromatic carbocycles. The second-order valence-corrected chi connectivity index (χ2v) is 4.99. The molecule has 2 N–H and O–H groups in total. The minimum atomic E-state index is 0.414. The van der Waals surface area contributed by atoms with Gasteiger partial charge in [0.25, 0.3) is 0 Å². The maximum Gasteiger partial charge on any atom is 0.0377 e. The number of nitrogens with two attached hydrogens (primary N) is 1. The smallest absolute Gasteiger partial charge is 0.0377 e. The van der Waals surface area contributed by atoms with Gasteiger partial charge in [0.2, 0.25) is 0 Å². The average Bonchev–Trinajstić information content (AvgIpc) is 2.06. The lowest BCUT2D eigenvalue weighted by atomic mass is 9.89. The molecular weight excluding hydrogens is 172 g/mol. The Morgan fingerprint density at radius 3 is 2.64 bits per heavy atom. The molecule has 0 aliphatic heterocycles. The number of pyridine rings is 1. The second kappa shape index (κ2) is 4.45. The van der Waals surface area contributed by atoms with E-state index >= 15 is 0 Å². The summed E-state index contributed by atoms with van der Waals surface area (Å²) in [5.41, 5.74) is 8.29. The fourth-order valence-corrected chi connectivity index (χ4v) is 1.46. The van der Waals surface area contributed by atoms with Crippen LogP contribution < -0.4 is 5.73 Å². The first-order valence-corrected chi connectivity index (χ1v) is 5.17. The van der Waals surface area contributed by atoms with Crippen molar-refractivity contribution in [3.63, 3.8) is 0 Å². The van der Waals surface area contributed by atoms with Crippen LogP contribution in [0, 0.1) is 5.41 Å². The van der Waals surface area contributed by atoms with E-state index in [4.69, 9.17) is 5.73 Å². The number of anilines is 1. The van der Waals surface area contributed by atoms with E-state index in [9.17, 15) is 0 Å². The minimum Gasteiger partial charge on any atom is -0.398 e. The zero-order valence-electron chi connectivity index (χ0n) is 9.38. The number of aromatic nitrogens is 1. The van der Waals surface area contributed by atoms with Crippen molar-refractivity contribution in [1.82, 2.24) is 4.98 Å². The molecule has 0 aliphatic rings. The summed E-state index contributed by atoms with van der Waals surface area (Å²) in [6.45, 7) is 6.79. The molecule has 1 heterocycles. The number of nitrogens with zero attached hydrogens (tertiary/aromatic N) is 1.